The van der Waals surface area contributed by atoms with Gasteiger partial charge in [0.05, 0.1) is 41.5 Å². The second kappa shape index (κ2) is 8.05. The summed E-state index contributed by atoms with van der Waals surface area (Å²) in [5.74, 6) is 0.585. The molecule has 29 heavy (non-hydrogen) atoms. The van der Waals surface area contributed by atoms with E-state index in [1.54, 1.807) is 16.3 Å². The molecule has 0 spiro atoms. The lowest BCUT2D eigenvalue weighted by Crippen LogP contribution is -3.14. The lowest BCUT2D eigenvalue weighted by molar-refractivity contribution is -0.898. The van der Waals surface area contributed by atoms with Crippen LogP contribution in [0.5, 0.6) is 0 Å². The van der Waals surface area contributed by atoms with E-state index < -0.39 is 0 Å². The number of para-hydroxylation sites is 1. The van der Waals surface area contributed by atoms with Crippen LogP contribution >= 0.6 is 11.3 Å². The maximum atomic E-state index is 12.9. The molecule has 1 aromatic heterocycles. The van der Waals surface area contributed by atoms with Gasteiger partial charge in [0.1, 0.15) is 5.01 Å². The summed E-state index contributed by atoms with van der Waals surface area (Å²) in [5, 5.41) is 7.51. The minimum Gasteiger partial charge on any atom is -0.327 e. The number of hydrogen-bond acceptors (Lipinski definition) is 4. The molecule has 3 heterocycles. The first-order chi connectivity index (χ1) is 14.3. The van der Waals surface area contributed by atoms with Gasteiger partial charge in [0.2, 0.25) is 0 Å². The molecule has 2 aliphatic rings. The molecule has 0 radical (unpaired) electrons. The molecule has 2 atom stereocenters. The van der Waals surface area contributed by atoms with Gasteiger partial charge in [-0.3, -0.25) is 4.79 Å². The van der Waals surface area contributed by atoms with Crippen molar-refractivity contribution in [2.45, 2.75) is 25.2 Å². The molecule has 0 bridgehead atoms. The third-order valence-electron chi connectivity index (χ3n) is 5.88. The Bertz CT molecular complexity index is 1010. The Balaban J connectivity index is 1.23. The van der Waals surface area contributed by atoms with Crippen LogP contribution in [0.3, 0.4) is 0 Å². The van der Waals surface area contributed by atoms with Crippen molar-refractivity contribution < 1.29 is 9.69 Å². The Morgan fingerprint density at radius 1 is 1.14 bits per heavy atom. The fraction of sp³-hybridized carbons (Fsp3) is 0.348. The molecule has 1 N–H and O–H groups in total. The predicted molar refractivity (Wildman–Crippen MR) is 116 cm³/mol. The number of likely N-dealkylation sites (tertiary alicyclic amines) is 1. The van der Waals surface area contributed by atoms with E-state index >= 15 is 0 Å². The molecule has 6 heteroatoms. The Morgan fingerprint density at radius 2 is 1.97 bits per heavy atom. The fourth-order valence-electron chi connectivity index (χ4n) is 4.36. The van der Waals surface area contributed by atoms with Gasteiger partial charge in [-0.05, 0) is 30.5 Å². The number of carbonyl (C=O) groups excluding carboxylic acids is 1. The third kappa shape index (κ3) is 3.95. The predicted octanol–water partition coefficient (Wildman–Crippen LogP) is 2.70. The van der Waals surface area contributed by atoms with Crippen LogP contribution in [0.1, 0.15) is 35.8 Å². The highest BCUT2D eigenvalue weighted by atomic mass is 32.1. The summed E-state index contributed by atoms with van der Waals surface area (Å²) in [6.45, 7) is 3.25. The van der Waals surface area contributed by atoms with Gasteiger partial charge in [0.15, 0.2) is 6.54 Å². The van der Waals surface area contributed by atoms with Gasteiger partial charge in [-0.2, -0.15) is 5.10 Å². The zero-order valence-corrected chi connectivity index (χ0v) is 17.2. The van der Waals surface area contributed by atoms with Crippen LogP contribution in [0.15, 0.2) is 59.7 Å². The van der Waals surface area contributed by atoms with Crippen molar-refractivity contribution in [1.82, 2.24) is 9.99 Å². The Kier molecular flexibility index (Phi) is 5.12. The topological polar surface area (TPSA) is 50.0 Å². The lowest BCUT2D eigenvalue weighted by Gasteiger charge is -2.29. The number of nitrogens with one attached hydrogen (secondary N) is 1. The van der Waals surface area contributed by atoms with E-state index in [9.17, 15) is 4.79 Å². The van der Waals surface area contributed by atoms with Crippen LogP contribution in [-0.4, -0.2) is 47.8 Å². The number of fused-ring (bicyclic) bond motifs is 1. The summed E-state index contributed by atoms with van der Waals surface area (Å²) in [6.07, 6.45) is 3.14. The van der Waals surface area contributed by atoms with Gasteiger partial charge in [0, 0.05) is 6.42 Å². The number of nitrogens with zero attached hydrogens (tertiary/aromatic N) is 3. The minimum absolute atomic E-state index is 0.135. The molecule has 148 valence electrons. The number of carbonyl (C=O) groups is 1. The first kappa shape index (κ1) is 18.5. The molecule has 5 rings (SSSR count). The third-order valence-corrected chi connectivity index (χ3v) is 7.07. The highest BCUT2D eigenvalue weighted by Gasteiger charge is 2.31. The smallest absolute Gasteiger partial charge is 0.297 e. The molecule has 3 aromatic rings. The van der Waals surface area contributed by atoms with E-state index in [0.29, 0.717) is 19.0 Å². The van der Waals surface area contributed by atoms with E-state index in [4.69, 9.17) is 4.98 Å². The SMILES string of the molecule is O=C(C[NH+]1CCC[C@@H](c2nc3ccccc3s2)C1)N1CCC(c2ccccc2)=N1. The van der Waals surface area contributed by atoms with Gasteiger partial charge in [-0.1, -0.05) is 42.5 Å². The maximum Gasteiger partial charge on any atom is 0.297 e. The molecule has 0 aliphatic carbocycles. The lowest BCUT2D eigenvalue weighted by atomic mass is 9.99. The van der Waals surface area contributed by atoms with Crippen LogP contribution in [-0.2, 0) is 4.79 Å². The quantitative estimate of drug-likeness (QED) is 0.726. The fourth-order valence-corrected chi connectivity index (χ4v) is 5.46. The average molecular weight is 406 g/mol. The van der Waals surface area contributed by atoms with Gasteiger partial charge in [-0.25, -0.2) is 9.99 Å². The van der Waals surface area contributed by atoms with Crippen LogP contribution in [0, 0.1) is 0 Å². The van der Waals surface area contributed by atoms with Crippen LogP contribution in [0.4, 0.5) is 0 Å². The molecule has 1 fully saturated rings. The summed E-state index contributed by atoms with van der Waals surface area (Å²) in [5.41, 5.74) is 3.22. The van der Waals surface area contributed by atoms with Crippen molar-refractivity contribution in [3.05, 3.63) is 65.2 Å². The first-order valence-corrected chi connectivity index (χ1v) is 11.2. The molecule has 2 aromatic carbocycles. The van der Waals surface area contributed by atoms with Gasteiger partial charge < -0.3 is 4.90 Å². The standard InChI is InChI=1S/C23H24N4OS/c28-22(27-14-12-19(25-27)17-7-2-1-3-8-17)16-26-13-6-9-18(15-26)23-24-20-10-4-5-11-21(20)29-23/h1-5,7-8,10-11,18H,6,9,12-16H2/p+1/t18-/m1/s1. The van der Waals surface area contributed by atoms with Crippen molar-refractivity contribution in [2.24, 2.45) is 5.10 Å². The van der Waals surface area contributed by atoms with Gasteiger partial charge in [-0.15, -0.1) is 11.3 Å². The number of thiazole rings is 1. The van der Waals surface area contributed by atoms with Gasteiger partial charge in [0.25, 0.3) is 5.91 Å². The van der Waals surface area contributed by atoms with Gasteiger partial charge >= 0.3 is 0 Å². The second-order valence-electron chi connectivity index (χ2n) is 7.92. The summed E-state index contributed by atoms with van der Waals surface area (Å²) in [4.78, 5) is 19.1. The Labute approximate surface area is 174 Å². The van der Waals surface area contributed by atoms with E-state index in [1.165, 1.54) is 14.6 Å². The number of hydrogen-bond donors (Lipinski definition) is 1. The number of rotatable bonds is 4. The highest BCUT2D eigenvalue weighted by Crippen LogP contribution is 2.30. The molecule has 1 unspecified atom stereocenters. The highest BCUT2D eigenvalue weighted by molar-refractivity contribution is 7.18. The Hall–Kier alpha value is -2.57. The number of amides is 1. The molecular weight excluding hydrogens is 380 g/mol. The van der Waals surface area contributed by atoms with Crippen LogP contribution in [0.25, 0.3) is 10.2 Å². The zero-order valence-electron chi connectivity index (χ0n) is 16.4. The largest absolute Gasteiger partial charge is 0.327 e. The second-order valence-corrected chi connectivity index (χ2v) is 8.98. The zero-order chi connectivity index (χ0) is 19.6. The summed E-state index contributed by atoms with van der Waals surface area (Å²) < 4.78 is 1.26. The summed E-state index contributed by atoms with van der Waals surface area (Å²) in [6, 6.07) is 18.5. The van der Waals surface area contributed by atoms with Crippen molar-refractivity contribution in [3.8, 4) is 0 Å². The van der Waals surface area contributed by atoms with Crippen LogP contribution < -0.4 is 4.90 Å². The molecule has 5 nitrogen and oxygen atoms in total. The normalized spacial score (nSPS) is 22.1. The number of hydrazone groups is 1. The average Bonchev–Trinajstić information content (AvgIpc) is 3.42. The first-order valence-electron chi connectivity index (χ1n) is 10.4. The van der Waals surface area contributed by atoms with E-state index in [2.05, 4.69) is 35.4 Å². The molecule has 2 aliphatic heterocycles. The van der Waals surface area contributed by atoms with Crippen molar-refractivity contribution >= 4 is 33.2 Å². The minimum atomic E-state index is 0.135. The number of benzene rings is 2. The monoisotopic (exact) mass is 405 g/mol. The van der Waals surface area contributed by atoms with Crippen molar-refractivity contribution in [2.75, 3.05) is 26.2 Å². The molecule has 0 saturated carbocycles. The summed E-state index contributed by atoms with van der Waals surface area (Å²) >= 11 is 1.81. The number of aromatic nitrogens is 1. The van der Waals surface area contributed by atoms with E-state index in [0.717, 1.165) is 49.1 Å². The van der Waals surface area contributed by atoms with Crippen LogP contribution in [0.2, 0.25) is 0 Å². The number of piperidine rings is 1. The van der Waals surface area contributed by atoms with Crippen molar-refractivity contribution in [3.63, 3.8) is 0 Å². The molecule has 1 saturated heterocycles. The maximum absolute atomic E-state index is 12.9. The van der Waals surface area contributed by atoms with Crippen molar-refractivity contribution in [1.29, 1.82) is 0 Å². The molecular formula is C23H25N4OS+. The van der Waals surface area contributed by atoms with E-state index in [1.807, 2.05) is 24.3 Å². The molecule has 1 amide bonds. The van der Waals surface area contributed by atoms with E-state index in [-0.39, 0.29) is 5.91 Å². The summed E-state index contributed by atoms with van der Waals surface area (Å²) in [7, 11) is 0. The Morgan fingerprint density at radius 3 is 2.83 bits per heavy atom. The number of quaternary nitrogens is 1.